The minimum Gasteiger partial charge on any atom is -0.478 e. The van der Waals surface area contributed by atoms with Crippen molar-refractivity contribution in [1.82, 2.24) is 14.9 Å². The summed E-state index contributed by atoms with van der Waals surface area (Å²) in [4.78, 5) is 27.7. The molecule has 0 atom stereocenters. The molecule has 0 saturated carbocycles. The topological polar surface area (TPSA) is 129 Å². The summed E-state index contributed by atoms with van der Waals surface area (Å²) in [5, 5.41) is 23.1. The number of rotatable bonds is 13. The molecule has 0 radical (unpaired) electrons. The lowest BCUT2D eigenvalue weighted by Crippen LogP contribution is -2.31. The van der Waals surface area contributed by atoms with Crippen molar-refractivity contribution in [2.75, 3.05) is 11.9 Å². The predicted octanol–water partition coefficient (Wildman–Crippen LogP) is 5.69. The molecule has 2 aromatic carbocycles. The van der Waals surface area contributed by atoms with Crippen LogP contribution in [0.25, 0.3) is 11.0 Å². The van der Waals surface area contributed by atoms with Crippen LogP contribution in [-0.4, -0.2) is 39.2 Å². The van der Waals surface area contributed by atoms with Gasteiger partial charge in [-0.2, -0.15) is 0 Å². The van der Waals surface area contributed by atoms with E-state index in [-0.39, 0.29) is 11.4 Å². The lowest BCUT2D eigenvalue weighted by atomic mass is 10.1. The van der Waals surface area contributed by atoms with Crippen molar-refractivity contribution >= 4 is 34.6 Å². The Kier molecular flexibility index (Phi) is 9.85. The first kappa shape index (κ1) is 26.7. The second kappa shape index (κ2) is 13.3. The first-order valence-electron chi connectivity index (χ1n) is 12.4. The molecule has 0 spiro atoms. The number of carbonyl (C=O) groups is 2. The van der Waals surface area contributed by atoms with Crippen molar-refractivity contribution in [3.63, 3.8) is 0 Å². The van der Waals surface area contributed by atoms with Crippen LogP contribution in [0, 0.1) is 5.41 Å². The number of amidine groups is 1. The average Bonchev–Trinajstić information content (AvgIpc) is 3.19. The molecular formula is C27H35N5O4. The first-order chi connectivity index (χ1) is 17.4. The summed E-state index contributed by atoms with van der Waals surface area (Å²) >= 11 is 0. The molecule has 0 aliphatic rings. The zero-order valence-corrected chi connectivity index (χ0v) is 21.0. The van der Waals surface area contributed by atoms with Crippen molar-refractivity contribution < 1.29 is 19.4 Å². The summed E-state index contributed by atoms with van der Waals surface area (Å²) in [5.41, 5.74) is 3.07. The Labute approximate surface area is 211 Å². The lowest BCUT2D eigenvalue weighted by molar-refractivity contribution is 0.0697. The minimum absolute atomic E-state index is 0.0179. The summed E-state index contributed by atoms with van der Waals surface area (Å²) in [6.07, 6.45) is 7.41. The van der Waals surface area contributed by atoms with E-state index in [1.54, 1.807) is 30.3 Å². The molecule has 1 heterocycles. The van der Waals surface area contributed by atoms with Gasteiger partial charge in [-0.3, -0.25) is 10.7 Å². The van der Waals surface area contributed by atoms with E-state index < -0.39 is 12.1 Å². The molecule has 0 saturated heterocycles. The third kappa shape index (κ3) is 7.56. The Morgan fingerprint density at radius 3 is 2.36 bits per heavy atom. The maximum atomic E-state index is 12.0. The maximum absolute atomic E-state index is 12.0. The van der Waals surface area contributed by atoms with Gasteiger partial charge in [0.15, 0.2) is 0 Å². The van der Waals surface area contributed by atoms with E-state index in [0.717, 1.165) is 36.3 Å². The molecule has 1 aromatic heterocycles. The molecule has 36 heavy (non-hydrogen) atoms. The number of anilines is 1. The van der Waals surface area contributed by atoms with E-state index in [4.69, 9.17) is 10.1 Å². The number of hydrogen-bond donors (Lipinski definition) is 4. The van der Waals surface area contributed by atoms with E-state index in [1.807, 2.05) is 23.7 Å². The Bertz CT molecular complexity index is 1190. The minimum atomic E-state index is -0.983. The number of fused-ring (bicyclic) bond motifs is 1. The van der Waals surface area contributed by atoms with Gasteiger partial charge >= 0.3 is 12.1 Å². The van der Waals surface area contributed by atoms with Crippen LogP contribution in [0.2, 0.25) is 0 Å². The number of aromatic carboxylic acids is 1. The van der Waals surface area contributed by atoms with Crippen LogP contribution >= 0.6 is 0 Å². The number of alkyl carbamates (subject to hydrolysis) is 1. The molecule has 0 bridgehead atoms. The molecule has 4 N–H and O–H groups in total. The van der Waals surface area contributed by atoms with Crippen molar-refractivity contribution in [2.45, 2.75) is 58.4 Å². The number of unbranched alkanes of at least 4 members (excludes halogenated alkanes) is 6. The van der Waals surface area contributed by atoms with Gasteiger partial charge in [-0.1, -0.05) is 45.4 Å². The number of nitrogens with zero attached hydrogens (tertiary/aromatic N) is 2. The Morgan fingerprint density at radius 1 is 1.00 bits per heavy atom. The van der Waals surface area contributed by atoms with Crippen molar-refractivity contribution in [3.8, 4) is 0 Å². The fourth-order valence-electron chi connectivity index (χ4n) is 3.91. The fourth-order valence-corrected chi connectivity index (χ4v) is 3.91. The molecule has 1 amide bonds. The number of carboxylic acids is 1. The quantitative estimate of drug-likeness (QED) is 0.138. The maximum Gasteiger partial charge on any atom is 0.412 e. The summed E-state index contributed by atoms with van der Waals surface area (Å²) in [5.74, 6) is -0.241. The number of benzene rings is 2. The summed E-state index contributed by atoms with van der Waals surface area (Å²) in [7, 11) is 1.88. The molecule has 9 nitrogen and oxygen atoms in total. The van der Waals surface area contributed by atoms with Crippen LogP contribution in [0.1, 0.15) is 73.6 Å². The van der Waals surface area contributed by atoms with Crippen molar-refractivity contribution in [1.29, 1.82) is 5.41 Å². The third-order valence-corrected chi connectivity index (χ3v) is 6.05. The van der Waals surface area contributed by atoms with Crippen LogP contribution < -0.4 is 10.6 Å². The first-order valence-corrected chi connectivity index (χ1v) is 12.4. The molecule has 3 rings (SSSR count). The highest BCUT2D eigenvalue weighted by atomic mass is 16.5. The van der Waals surface area contributed by atoms with E-state index in [2.05, 4.69) is 22.5 Å². The largest absolute Gasteiger partial charge is 0.478 e. The van der Waals surface area contributed by atoms with Gasteiger partial charge in [0, 0.05) is 18.3 Å². The second-order valence-corrected chi connectivity index (χ2v) is 8.78. The van der Waals surface area contributed by atoms with Gasteiger partial charge in [0.1, 0.15) is 11.7 Å². The lowest BCUT2D eigenvalue weighted by Gasteiger charge is -2.10. The molecule has 3 aromatic rings. The number of aromatic nitrogens is 2. The van der Waals surface area contributed by atoms with E-state index in [0.29, 0.717) is 24.2 Å². The number of carbonyl (C=O) groups excluding carboxylic acids is 1. The summed E-state index contributed by atoms with van der Waals surface area (Å²) in [6, 6.07) is 12.0. The van der Waals surface area contributed by atoms with Gasteiger partial charge in [0.05, 0.1) is 29.7 Å². The fraction of sp³-hybridized carbons (Fsp3) is 0.407. The molecule has 0 fully saturated rings. The standard InChI is InChI=1S/C27H35N5O4/c1-3-4-5-6-7-8-9-16-36-27(35)31-25(28)19-10-13-21(14-11-19)29-18-24-30-22-17-20(26(33)34)12-15-23(22)32(24)2/h10-15,17,29H,3-9,16,18H2,1-2H3,(H,33,34)(H2,28,31,35). The summed E-state index contributed by atoms with van der Waals surface area (Å²) < 4.78 is 7.10. The van der Waals surface area contributed by atoms with Gasteiger partial charge in [0.25, 0.3) is 0 Å². The van der Waals surface area contributed by atoms with E-state index in [1.165, 1.54) is 25.7 Å². The highest BCUT2D eigenvalue weighted by molar-refractivity contribution is 6.04. The van der Waals surface area contributed by atoms with Crippen molar-refractivity contribution in [3.05, 3.63) is 59.4 Å². The highest BCUT2D eigenvalue weighted by Gasteiger charge is 2.12. The molecule has 192 valence electrons. The molecule has 9 heteroatoms. The Balaban J connectivity index is 1.43. The van der Waals surface area contributed by atoms with Crippen LogP contribution in [0.4, 0.5) is 10.5 Å². The van der Waals surface area contributed by atoms with Gasteiger partial charge in [-0.25, -0.2) is 14.6 Å². The highest BCUT2D eigenvalue weighted by Crippen LogP contribution is 2.18. The van der Waals surface area contributed by atoms with Gasteiger partial charge in [-0.15, -0.1) is 0 Å². The predicted molar refractivity (Wildman–Crippen MR) is 141 cm³/mol. The van der Waals surface area contributed by atoms with Crippen LogP contribution in [0.15, 0.2) is 42.5 Å². The van der Waals surface area contributed by atoms with Gasteiger partial charge in [-0.05, 0) is 48.9 Å². The number of ether oxygens (including phenoxy) is 1. The number of imidazole rings is 1. The van der Waals surface area contributed by atoms with Gasteiger partial charge < -0.3 is 19.7 Å². The zero-order valence-electron chi connectivity index (χ0n) is 21.0. The van der Waals surface area contributed by atoms with E-state index >= 15 is 0 Å². The second-order valence-electron chi connectivity index (χ2n) is 8.78. The third-order valence-electron chi connectivity index (χ3n) is 6.05. The molecule has 0 aliphatic heterocycles. The Hall–Kier alpha value is -3.88. The van der Waals surface area contributed by atoms with Crippen LogP contribution in [0.5, 0.6) is 0 Å². The number of amides is 1. The van der Waals surface area contributed by atoms with Gasteiger partial charge in [0.2, 0.25) is 0 Å². The number of carboxylic acid groups (broad SMARTS) is 1. The summed E-state index contributed by atoms with van der Waals surface area (Å²) in [6.45, 7) is 2.99. The normalized spacial score (nSPS) is 10.8. The zero-order chi connectivity index (χ0) is 25.9. The van der Waals surface area contributed by atoms with Crippen molar-refractivity contribution in [2.24, 2.45) is 7.05 Å². The molecular weight excluding hydrogens is 458 g/mol. The van der Waals surface area contributed by atoms with Crippen LogP contribution in [-0.2, 0) is 18.3 Å². The smallest absolute Gasteiger partial charge is 0.412 e. The number of aryl methyl sites for hydroxylation is 1. The van der Waals surface area contributed by atoms with E-state index in [9.17, 15) is 14.7 Å². The van der Waals surface area contributed by atoms with Crippen LogP contribution in [0.3, 0.4) is 0 Å². The SMILES string of the molecule is CCCCCCCCCOC(=O)NC(=N)c1ccc(NCc2nc3cc(C(=O)O)ccc3n2C)cc1. The number of hydrogen-bond acceptors (Lipinski definition) is 6. The molecule has 0 aliphatic carbocycles. The average molecular weight is 494 g/mol. The number of nitrogens with one attached hydrogen (secondary N) is 3. The Morgan fingerprint density at radius 2 is 1.67 bits per heavy atom. The molecule has 0 unspecified atom stereocenters. The monoisotopic (exact) mass is 493 g/mol.